The fourth-order valence-corrected chi connectivity index (χ4v) is 4.76. The van der Waals surface area contributed by atoms with E-state index >= 15 is 0 Å². The number of rotatable bonds is 7. The Kier molecular flexibility index (Phi) is 6.16. The highest BCUT2D eigenvalue weighted by Gasteiger charge is 2.21. The lowest BCUT2D eigenvalue weighted by atomic mass is 10.2. The van der Waals surface area contributed by atoms with Gasteiger partial charge in [-0.25, -0.2) is 19.0 Å². The molecule has 170 valence electrons. The average Bonchev–Trinajstić information content (AvgIpc) is 3.50. The minimum Gasteiger partial charge on any atom is -0.368 e. The Bertz CT molecular complexity index is 1220. The summed E-state index contributed by atoms with van der Waals surface area (Å²) >= 11 is 1.58. The van der Waals surface area contributed by atoms with Gasteiger partial charge in [0.25, 0.3) is 0 Å². The minimum absolute atomic E-state index is 0.00301. The van der Waals surface area contributed by atoms with Crippen LogP contribution >= 0.6 is 11.3 Å². The average molecular weight is 466 g/mol. The van der Waals surface area contributed by atoms with E-state index in [-0.39, 0.29) is 11.7 Å². The Morgan fingerprint density at radius 1 is 1.06 bits per heavy atom. The predicted octanol–water partition coefficient (Wildman–Crippen LogP) is 2.71. The van der Waals surface area contributed by atoms with E-state index in [4.69, 9.17) is 0 Å². The third-order valence-corrected chi connectivity index (χ3v) is 6.62. The van der Waals surface area contributed by atoms with Crippen LogP contribution in [0.4, 0.5) is 15.9 Å². The summed E-state index contributed by atoms with van der Waals surface area (Å²) < 4.78 is 15.0. The molecule has 3 aromatic heterocycles. The van der Waals surface area contributed by atoms with E-state index in [2.05, 4.69) is 30.2 Å². The molecule has 4 heterocycles. The van der Waals surface area contributed by atoms with Gasteiger partial charge in [-0.1, -0.05) is 6.07 Å². The second-order valence-corrected chi connectivity index (χ2v) is 8.89. The van der Waals surface area contributed by atoms with Gasteiger partial charge in [-0.2, -0.15) is 5.10 Å². The number of carbonyl (C=O) groups is 1. The second kappa shape index (κ2) is 9.53. The van der Waals surface area contributed by atoms with Crippen molar-refractivity contribution in [2.24, 2.45) is 0 Å². The summed E-state index contributed by atoms with van der Waals surface area (Å²) in [5.41, 5.74) is 1.78. The van der Waals surface area contributed by atoms with Crippen molar-refractivity contribution in [3.05, 3.63) is 65.0 Å². The molecule has 1 N–H and O–H groups in total. The van der Waals surface area contributed by atoms with Crippen LogP contribution in [0.5, 0.6) is 0 Å². The third-order valence-electron chi connectivity index (χ3n) is 5.74. The molecule has 33 heavy (non-hydrogen) atoms. The van der Waals surface area contributed by atoms with Crippen molar-refractivity contribution in [3.8, 4) is 0 Å². The highest BCUT2D eigenvalue weighted by Crippen LogP contribution is 2.25. The number of hydrogen-bond acceptors (Lipinski definition) is 7. The molecule has 1 saturated heterocycles. The molecule has 0 bridgehead atoms. The third kappa shape index (κ3) is 4.80. The lowest BCUT2D eigenvalue weighted by molar-refractivity contribution is -0.120. The zero-order chi connectivity index (χ0) is 22.6. The molecule has 0 atom stereocenters. The fourth-order valence-electron chi connectivity index (χ4n) is 4.06. The molecule has 1 aromatic carbocycles. The number of fused-ring (bicyclic) bond motifs is 1. The number of hydrogen-bond donors (Lipinski definition) is 1. The van der Waals surface area contributed by atoms with Gasteiger partial charge in [0, 0.05) is 43.3 Å². The van der Waals surface area contributed by atoms with Crippen LogP contribution < -0.4 is 15.1 Å². The first-order valence-electron chi connectivity index (χ1n) is 10.9. The highest BCUT2D eigenvalue weighted by atomic mass is 32.1. The molecule has 10 heteroatoms. The van der Waals surface area contributed by atoms with Gasteiger partial charge in [-0.15, -0.1) is 11.3 Å². The molecule has 0 aliphatic carbocycles. The molecule has 1 fully saturated rings. The number of halogens is 1. The van der Waals surface area contributed by atoms with E-state index in [1.807, 2.05) is 29.6 Å². The molecular weight excluding hydrogens is 441 g/mol. The Hall–Kier alpha value is -3.53. The first kappa shape index (κ1) is 21.3. The predicted molar refractivity (Wildman–Crippen MR) is 127 cm³/mol. The summed E-state index contributed by atoms with van der Waals surface area (Å²) in [5, 5.41) is 10.3. The largest absolute Gasteiger partial charge is 0.368 e. The summed E-state index contributed by atoms with van der Waals surface area (Å²) in [6, 6.07) is 10.5. The van der Waals surface area contributed by atoms with Crippen molar-refractivity contribution in [2.45, 2.75) is 13.0 Å². The van der Waals surface area contributed by atoms with E-state index in [0.717, 1.165) is 53.6 Å². The van der Waals surface area contributed by atoms with Gasteiger partial charge in [0.05, 0.1) is 24.5 Å². The quantitative estimate of drug-likeness (QED) is 0.452. The number of amides is 1. The molecule has 1 aliphatic heterocycles. The van der Waals surface area contributed by atoms with E-state index in [9.17, 15) is 9.18 Å². The highest BCUT2D eigenvalue weighted by molar-refractivity contribution is 7.10. The zero-order valence-corrected chi connectivity index (χ0v) is 18.8. The van der Waals surface area contributed by atoms with Gasteiger partial charge in [0.15, 0.2) is 5.65 Å². The van der Waals surface area contributed by atoms with Gasteiger partial charge in [-0.05, 0) is 35.7 Å². The van der Waals surface area contributed by atoms with Crippen LogP contribution in [0.15, 0.2) is 54.3 Å². The maximum atomic E-state index is 13.2. The van der Waals surface area contributed by atoms with Crippen LogP contribution in [-0.4, -0.2) is 58.4 Å². The van der Waals surface area contributed by atoms with Crippen molar-refractivity contribution < 1.29 is 9.18 Å². The molecular formula is C23H24FN7OS. The maximum absolute atomic E-state index is 13.2. The second-order valence-electron chi connectivity index (χ2n) is 7.86. The topological polar surface area (TPSA) is 79.2 Å². The van der Waals surface area contributed by atoms with Crippen molar-refractivity contribution in [2.75, 3.05) is 42.5 Å². The lowest BCUT2D eigenvalue weighted by Crippen LogP contribution is -2.46. The van der Waals surface area contributed by atoms with Crippen molar-refractivity contribution in [3.63, 3.8) is 0 Å². The van der Waals surface area contributed by atoms with Crippen LogP contribution in [0.25, 0.3) is 11.0 Å². The van der Waals surface area contributed by atoms with Gasteiger partial charge in [0.1, 0.15) is 18.0 Å². The molecule has 0 saturated carbocycles. The van der Waals surface area contributed by atoms with Gasteiger partial charge in [-0.3, -0.25) is 4.79 Å². The summed E-state index contributed by atoms with van der Waals surface area (Å²) in [6.07, 6.45) is 3.76. The number of carbonyl (C=O) groups excluding carboxylic acids is 1. The molecule has 4 aromatic rings. The van der Waals surface area contributed by atoms with E-state index in [0.29, 0.717) is 19.5 Å². The summed E-state index contributed by atoms with van der Waals surface area (Å²) in [6.45, 7) is 4.26. The number of thiophene rings is 1. The maximum Gasteiger partial charge on any atom is 0.225 e. The Balaban J connectivity index is 1.21. The van der Waals surface area contributed by atoms with E-state index in [1.165, 1.54) is 12.1 Å². The van der Waals surface area contributed by atoms with Crippen LogP contribution in [0.3, 0.4) is 0 Å². The van der Waals surface area contributed by atoms with Gasteiger partial charge >= 0.3 is 0 Å². The molecule has 1 amide bonds. The number of anilines is 2. The standard InChI is InChI=1S/C23H24FN7OS/c24-17-3-5-18(6-4-17)29-9-11-30(12-10-29)22-20-15-28-31(23(20)27-16-26-22)8-7-25-21(32)14-19-2-1-13-33-19/h1-6,13,15-16H,7-12,14H2,(H,25,32). The van der Waals surface area contributed by atoms with E-state index in [1.54, 1.807) is 28.5 Å². The minimum atomic E-state index is -0.222. The monoisotopic (exact) mass is 465 g/mol. The molecule has 0 spiro atoms. The molecule has 8 nitrogen and oxygen atoms in total. The smallest absolute Gasteiger partial charge is 0.225 e. The number of aromatic nitrogens is 4. The van der Waals surface area contributed by atoms with Gasteiger partial charge < -0.3 is 15.1 Å². The van der Waals surface area contributed by atoms with E-state index < -0.39 is 0 Å². The number of benzene rings is 1. The van der Waals surface area contributed by atoms with Crippen molar-refractivity contribution in [1.29, 1.82) is 0 Å². The molecule has 1 aliphatic rings. The lowest BCUT2D eigenvalue weighted by Gasteiger charge is -2.36. The van der Waals surface area contributed by atoms with Crippen molar-refractivity contribution in [1.82, 2.24) is 25.1 Å². The summed E-state index contributed by atoms with van der Waals surface area (Å²) in [5.74, 6) is 0.648. The SMILES string of the molecule is O=C(Cc1cccs1)NCCn1ncc2c(N3CCN(c4ccc(F)cc4)CC3)ncnc21. The molecule has 5 rings (SSSR count). The Morgan fingerprint density at radius 2 is 1.85 bits per heavy atom. The normalized spacial score (nSPS) is 14.1. The van der Waals surface area contributed by atoms with Crippen molar-refractivity contribution >= 4 is 39.8 Å². The number of nitrogens with one attached hydrogen (secondary N) is 1. The van der Waals surface area contributed by atoms with Crippen LogP contribution in [-0.2, 0) is 17.8 Å². The first-order chi connectivity index (χ1) is 16.2. The number of nitrogens with zero attached hydrogens (tertiary/aromatic N) is 6. The first-order valence-corrected chi connectivity index (χ1v) is 11.8. The van der Waals surface area contributed by atoms with Gasteiger partial charge in [0.2, 0.25) is 5.91 Å². The van der Waals surface area contributed by atoms with Crippen LogP contribution in [0.1, 0.15) is 4.88 Å². The Labute approximate surface area is 194 Å². The summed E-state index contributed by atoms with van der Waals surface area (Å²) in [4.78, 5) is 26.6. The summed E-state index contributed by atoms with van der Waals surface area (Å²) in [7, 11) is 0. The number of piperazine rings is 1. The fraction of sp³-hybridized carbons (Fsp3) is 0.304. The van der Waals surface area contributed by atoms with Crippen LogP contribution in [0.2, 0.25) is 0 Å². The Morgan fingerprint density at radius 3 is 2.61 bits per heavy atom. The van der Waals surface area contributed by atoms with Crippen LogP contribution in [0, 0.1) is 5.82 Å². The zero-order valence-electron chi connectivity index (χ0n) is 18.0. The molecule has 0 radical (unpaired) electrons. The molecule has 0 unspecified atom stereocenters.